The number of carbonyl (C=O) groups is 1. The van der Waals surface area contributed by atoms with E-state index < -0.39 is 5.97 Å². The van der Waals surface area contributed by atoms with Crippen molar-refractivity contribution >= 4 is 34.3 Å². The molecule has 0 bridgehead atoms. The standard InChI is InChI=1S/C25H26N2O2/c1-25(2)22(14-16-26-19-9-4-3-5-10-19)27(17-15-23(28)29)21-13-12-18-8-6-7-11-20(18)24(21)25/h3-13,16,22H,14-15,17H2,1-2H3,(H,28,29). The Morgan fingerprint density at radius 2 is 1.79 bits per heavy atom. The lowest BCUT2D eigenvalue weighted by atomic mass is 9.77. The number of aliphatic imine (C=N–C) groups is 1. The summed E-state index contributed by atoms with van der Waals surface area (Å²) in [5, 5.41) is 11.7. The fourth-order valence-electron chi connectivity index (χ4n) is 4.59. The number of nitrogens with zero attached hydrogens (tertiary/aromatic N) is 2. The Morgan fingerprint density at radius 3 is 2.55 bits per heavy atom. The molecule has 29 heavy (non-hydrogen) atoms. The van der Waals surface area contributed by atoms with Crippen molar-refractivity contribution < 1.29 is 9.90 Å². The number of rotatable bonds is 6. The summed E-state index contributed by atoms with van der Waals surface area (Å²) in [6.07, 6.45) is 2.85. The van der Waals surface area contributed by atoms with Gasteiger partial charge in [0, 0.05) is 36.3 Å². The van der Waals surface area contributed by atoms with Gasteiger partial charge in [-0.25, -0.2) is 0 Å². The largest absolute Gasteiger partial charge is 0.481 e. The third-order valence-electron chi connectivity index (χ3n) is 5.96. The van der Waals surface area contributed by atoms with E-state index >= 15 is 0 Å². The molecule has 4 rings (SSSR count). The lowest BCUT2D eigenvalue weighted by Gasteiger charge is -2.33. The average molecular weight is 386 g/mol. The molecule has 0 spiro atoms. The zero-order valence-corrected chi connectivity index (χ0v) is 16.9. The van der Waals surface area contributed by atoms with Crippen molar-refractivity contribution in [3.8, 4) is 0 Å². The van der Waals surface area contributed by atoms with Crippen LogP contribution in [0, 0.1) is 0 Å². The first kappa shape index (κ1) is 19.2. The minimum atomic E-state index is -0.770. The molecule has 0 radical (unpaired) electrons. The fraction of sp³-hybridized carbons (Fsp3) is 0.280. The maximum atomic E-state index is 11.3. The maximum absolute atomic E-state index is 11.3. The van der Waals surface area contributed by atoms with Gasteiger partial charge < -0.3 is 10.0 Å². The van der Waals surface area contributed by atoms with Crippen LogP contribution in [0.1, 0.15) is 32.3 Å². The number of benzene rings is 3. The van der Waals surface area contributed by atoms with Gasteiger partial charge in [0.25, 0.3) is 0 Å². The van der Waals surface area contributed by atoms with Crippen LogP contribution in [0.15, 0.2) is 71.7 Å². The third kappa shape index (κ3) is 3.63. The molecule has 0 aliphatic carbocycles. The molecular formula is C25H26N2O2. The Morgan fingerprint density at radius 1 is 1.07 bits per heavy atom. The van der Waals surface area contributed by atoms with Crippen LogP contribution >= 0.6 is 0 Å². The van der Waals surface area contributed by atoms with E-state index in [4.69, 9.17) is 0 Å². The van der Waals surface area contributed by atoms with Crippen molar-refractivity contribution in [1.82, 2.24) is 0 Å². The van der Waals surface area contributed by atoms with Crippen molar-refractivity contribution in [1.29, 1.82) is 0 Å². The molecule has 1 unspecified atom stereocenters. The molecule has 1 aliphatic rings. The number of para-hydroxylation sites is 1. The van der Waals surface area contributed by atoms with Gasteiger partial charge in [0.05, 0.1) is 12.1 Å². The van der Waals surface area contributed by atoms with Crippen LogP contribution in [0.4, 0.5) is 11.4 Å². The molecule has 1 heterocycles. The van der Waals surface area contributed by atoms with Gasteiger partial charge in [0.15, 0.2) is 0 Å². The van der Waals surface area contributed by atoms with E-state index in [1.54, 1.807) is 0 Å². The molecule has 1 N–H and O–H groups in total. The van der Waals surface area contributed by atoms with Crippen LogP contribution in [-0.4, -0.2) is 29.9 Å². The molecule has 1 atom stereocenters. The Bertz CT molecular complexity index is 1060. The van der Waals surface area contributed by atoms with Crippen LogP contribution in [0.5, 0.6) is 0 Å². The highest BCUT2D eigenvalue weighted by Gasteiger charge is 2.44. The molecule has 0 saturated heterocycles. The molecule has 3 aromatic rings. The van der Waals surface area contributed by atoms with Crippen LogP contribution in [0.2, 0.25) is 0 Å². The molecular weight excluding hydrogens is 360 g/mol. The van der Waals surface area contributed by atoms with Crippen LogP contribution in [0.3, 0.4) is 0 Å². The summed E-state index contributed by atoms with van der Waals surface area (Å²) < 4.78 is 0. The van der Waals surface area contributed by atoms with Gasteiger partial charge in [0.1, 0.15) is 0 Å². The van der Waals surface area contributed by atoms with Gasteiger partial charge in [-0.3, -0.25) is 9.79 Å². The lowest BCUT2D eigenvalue weighted by Crippen LogP contribution is -2.42. The molecule has 148 valence electrons. The summed E-state index contributed by atoms with van der Waals surface area (Å²) in [6.45, 7) is 5.02. The maximum Gasteiger partial charge on any atom is 0.305 e. The summed E-state index contributed by atoms with van der Waals surface area (Å²) in [5.41, 5.74) is 3.26. The molecule has 0 aromatic heterocycles. The van der Waals surface area contributed by atoms with E-state index in [1.807, 2.05) is 36.5 Å². The summed E-state index contributed by atoms with van der Waals surface area (Å²) in [6, 6.07) is 22.8. The van der Waals surface area contributed by atoms with Crippen molar-refractivity contribution in [3.05, 3.63) is 72.3 Å². The summed E-state index contributed by atoms with van der Waals surface area (Å²) in [7, 11) is 0. The van der Waals surface area contributed by atoms with Gasteiger partial charge in [0.2, 0.25) is 0 Å². The smallest absolute Gasteiger partial charge is 0.305 e. The van der Waals surface area contributed by atoms with Crippen LogP contribution in [-0.2, 0) is 10.2 Å². The number of hydrogen-bond donors (Lipinski definition) is 1. The SMILES string of the molecule is CC1(C)c2c(ccc3ccccc23)N(CCC(=O)O)C1CC=Nc1ccccc1. The first-order valence-electron chi connectivity index (χ1n) is 10.1. The molecule has 4 heteroatoms. The highest BCUT2D eigenvalue weighted by atomic mass is 16.4. The highest BCUT2D eigenvalue weighted by molar-refractivity contribution is 5.93. The Balaban J connectivity index is 1.72. The first-order valence-corrected chi connectivity index (χ1v) is 10.1. The zero-order valence-electron chi connectivity index (χ0n) is 16.9. The number of anilines is 1. The van der Waals surface area contributed by atoms with Gasteiger partial charge in [-0.2, -0.15) is 0 Å². The van der Waals surface area contributed by atoms with E-state index in [0.717, 1.165) is 17.8 Å². The molecule has 0 fully saturated rings. The van der Waals surface area contributed by atoms with E-state index in [1.165, 1.54) is 16.3 Å². The van der Waals surface area contributed by atoms with E-state index in [2.05, 4.69) is 60.1 Å². The van der Waals surface area contributed by atoms with Crippen molar-refractivity contribution in [2.24, 2.45) is 4.99 Å². The second-order valence-corrected chi connectivity index (χ2v) is 8.14. The van der Waals surface area contributed by atoms with Crippen LogP contribution in [0.25, 0.3) is 10.8 Å². The van der Waals surface area contributed by atoms with E-state index in [9.17, 15) is 9.90 Å². The fourth-order valence-corrected chi connectivity index (χ4v) is 4.59. The highest BCUT2D eigenvalue weighted by Crippen LogP contribution is 2.49. The number of aliphatic carboxylic acids is 1. The predicted octanol–water partition coefficient (Wildman–Crippen LogP) is 5.57. The summed E-state index contributed by atoms with van der Waals surface area (Å²) in [5.74, 6) is -0.770. The molecule has 0 amide bonds. The quantitative estimate of drug-likeness (QED) is 0.563. The van der Waals surface area contributed by atoms with Crippen molar-refractivity contribution in [2.45, 2.75) is 38.1 Å². The Labute approximate surface area is 171 Å². The van der Waals surface area contributed by atoms with Gasteiger partial charge in [-0.1, -0.05) is 62.4 Å². The Hall–Kier alpha value is -3.14. The number of hydrogen-bond acceptors (Lipinski definition) is 3. The molecule has 0 saturated carbocycles. The second kappa shape index (κ2) is 7.70. The monoisotopic (exact) mass is 386 g/mol. The minimum absolute atomic E-state index is 0.120. The van der Waals surface area contributed by atoms with Crippen molar-refractivity contribution in [3.63, 3.8) is 0 Å². The van der Waals surface area contributed by atoms with E-state index in [-0.39, 0.29) is 17.9 Å². The number of carboxylic acids is 1. The van der Waals surface area contributed by atoms with Crippen LogP contribution < -0.4 is 4.90 Å². The molecule has 1 aliphatic heterocycles. The summed E-state index contributed by atoms with van der Waals surface area (Å²) in [4.78, 5) is 18.2. The van der Waals surface area contributed by atoms with Gasteiger partial charge in [-0.05, 0) is 34.5 Å². The molecule has 3 aromatic carbocycles. The van der Waals surface area contributed by atoms with Crippen molar-refractivity contribution in [2.75, 3.05) is 11.4 Å². The molecule has 4 nitrogen and oxygen atoms in total. The number of carboxylic acid groups (broad SMARTS) is 1. The second-order valence-electron chi connectivity index (χ2n) is 8.14. The first-order chi connectivity index (χ1) is 14.0. The average Bonchev–Trinajstić information content (AvgIpc) is 2.94. The van der Waals surface area contributed by atoms with E-state index in [0.29, 0.717) is 6.54 Å². The third-order valence-corrected chi connectivity index (χ3v) is 5.96. The summed E-state index contributed by atoms with van der Waals surface area (Å²) >= 11 is 0. The Kier molecular flexibility index (Phi) is 5.10. The van der Waals surface area contributed by atoms with Gasteiger partial charge >= 0.3 is 5.97 Å². The van der Waals surface area contributed by atoms with Gasteiger partial charge in [-0.15, -0.1) is 0 Å². The zero-order chi connectivity index (χ0) is 20.4. The number of fused-ring (bicyclic) bond motifs is 3. The normalized spacial score (nSPS) is 17.7. The predicted molar refractivity (Wildman–Crippen MR) is 120 cm³/mol. The lowest BCUT2D eigenvalue weighted by molar-refractivity contribution is -0.136. The minimum Gasteiger partial charge on any atom is -0.481 e. The topological polar surface area (TPSA) is 52.9 Å².